The average molecular weight is 352 g/mol. The summed E-state index contributed by atoms with van der Waals surface area (Å²) in [6, 6.07) is 12.4. The van der Waals surface area contributed by atoms with E-state index in [4.69, 9.17) is 4.42 Å². The van der Waals surface area contributed by atoms with E-state index in [9.17, 15) is 9.59 Å². The second-order valence-corrected chi connectivity index (χ2v) is 6.45. The lowest BCUT2D eigenvalue weighted by molar-refractivity contribution is -0.127. The highest BCUT2D eigenvalue weighted by Gasteiger charge is 2.21. The van der Waals surface area contributed by atoms with E-state index in [1.807, 2.05) is 11.0 Å². The molecular formula is C21H24N2O3. The SMILES string of the molecule is O=C(N/C(=C/c1ccco1)C(=O)N1CCCCCCC1)c1ccccc1. The van der Waals surface area contributed by atoms with Gasteiger partial charge in [-0.15, -0.1) is 0 Å². The third-order valence-electron chi connectivity index (χ3n) is 4.49. The van der Waals surface area contributed by atoms with Gasteiger partial charge in [0.25, 0.3) is 11.8 Å². The minimum atomic E-state index is -0.302. The molecule has 136 valence electrons. The molecule has 0 saturated carbocycles. The van der Waals surface area contributed by atoms with Crippen LogP contribution in [-0.4, -0.2) is 29.8 Å². The quantitative estimate of drug-likeness (QED) is 0.850. The van der Waals surface area contributed by atoms with E-state index in [-0.39, 0.29) is 17.5 Å². The summed E-state index contributed by atoms with van der Waals surface area (Å²) in [6.07, 6.45) is 8.63. The van der Waals surface area contributed by atoms with E-state index in [0.29, 0.717) is 11.3 Å². The van der Waals surface area contributed by atoms with Crippen LogP contribution in [0.5, 0.6) is 0 Å². The van der Waals surface area contributed by atoms with Crippen LogP contribution in [0.2, 0.25) is 0 Å². The molecule has 0 bridgehead atoms. The largest absolute Gasteiger partial charge is 0.465 e. The second-order valence-electron chi connectivity index (χ2n) is 6.45. The summed E-state index contributed by atoms with van der Waals surface area (Å²) in [6.45, 7) is 1.44. The van der Waals surface area contributed by atoms with Gasteiger partial charge >= 0.3 is 0 Å². The van der Waals surface area contributed by atoms with Crippen molar-refractivity contribution in [2.24, 2.45) is 0 Å². The molecule has 2 aromatic rings. The van der Waals surface area contributed by atoms with Gasteiger partial charge in [-0.05, 0) is 37.1 Å². The van der Waals surface area contributed by atoms with Crippen LogP contribution in [0.15, 0.2) is 58.8 Å². The van der Waals surface area contributed by atoms with Gasteiger partial charge in [0.1, 0.15) is 11.5 Å². The Hall–Kier alpha value is -2.82. The Bertz CT molecular complexity index is 743. The van der Waals surface area contributed by atoms with Crippen molar-refractivity contribution in [3.63, 3.8) is 0 Å². The Morgan fingerprint density at radius 2 is 1.62 bits per heavy atom. The first-order chi connectivity index (χ1) is 12.7. The third kappa shape index (κ3) is 4.85. The lowest BCUT2D eigenvalue weighted by Crippen LogP contribution is -2.40. The summed E-state index contributed by atoms with van der Waals surface area (Å²) in [7, 11) is 0. The molecule has 1 saturated heterocycles. The maximum Gasteiger partial charge on any atom is 0.270 e. The number of rotatable bonds is 4. The van der Waals surface area contributed by atoms with Crippen molar-refractivity contribution >= 4 is 17.9 Å². The molecule has 5 heteroatoms. The molecule has 1 aliphatic rings. The molecule has 0 spiro atoms. The zero-order valence-electron chi connectivity index (χ0n) is 14.8. The fourth-order valence-electron chi connectivity index (χ4n) is 3.07. The Labute approximate surface area is 153 Å². The van der Waals surface area contributed by atoms with Crippen LogP contribution in [0.4, 0.5) is 0 Å². The summed E-state index contributed by atoms with van der Waals surface area (Å²) in [5, 5.41) is 2.78. The summed E-state index contributed by atoms with van der Waals surface area (Å²) in [5.74, 6) is 0.0742. The fourth-order valence-corrected chi connectivity index (χ4v) is 3.07. The average Bonchev–Trinajstić information content (AvgIpc) is 3.14. The number of carbonyl (C=O) groups is 2. The molecule has 1 aromatic carbocycles. The monoisotopic (exact) mass is 352 g/mol. The highest BCUT2D eigenvalue weighted by molar-refractivity contribution is 6.05. The molecule has 3 rings (SSSR count). The van der Waals surface area contributed by atoms with Crippen molar-refractivity contribution in [2.45, 2.75) is 32.1 Å². The molecule has 5 nitrogen and oxygen atoms in total. The van der Waals surface area contributed by atoms with E-state index >= 15 is 0 Å². The molecule has 1 fully saturated rings. The summed E-state index contributed by atoms with van der Waals surface area (Å²) in [5.41, 5.74) is 0.757. The number of amides is 2. The highest BCUT2D eigenvalue weighted by atomic mass is 16.3. The zero-order valence-corrected chi connectivity index (χ0v) is 14.8. The van der Waals surface area contributed by atoms with Gasteiger partial charge < -0.3 is 14.6 Å². The number of likely N-dealkylation sites (tertiary alicyclic amines) is 1. The summed E-state index contributed by atoms with van der Waals surface area (Å²) >= 11 is 0. The smallest absolute Gasteiger partial charge is 0.270 e. The first-order valence-corrected chi connectivity index (χ1v) is 9.15. The van der Waals surface area contributed by atoms with Gasteiger partial charge in [0.2, 0.25) is 0 Å². The summed E-state index contributed by atoms with van der Waals surface area (Å²) in [4.78, 5) is 27.4. The lowest BCUT2D eigenvalue weighted by Gasteiger charge is -2.26. The van der Waals surface area contributed by atoms with Crippen molar-refractivity contribution in [1.29, 1.82) is 0 Å². The molecule has 26 heavy (non-hydrogen) atoms. The Kier molecular flexibility index (Phi) is 6.25. The lowest BCUT2D eigenvalue weighted by atomic mass is 10.1. The number of furan rings is 1. The minimum Gasteiger partial charge on any atom is -0.465 e. The van der Waals surface area contributed by atoms with Crippen LogP contribution in [0.3, 0.4) is 0 Å². The van der Waals surface area contributed by atoms with E-state index in [2.05, 4.69) is 5.32 Å². The van der Waals surface area contributed by atoms with Crippen molar-refractivity contribution in [2.75, 3.05) is 13.1 Å². The van der Waals surface area contributed by atoms with Crippen LogP contribution in [0.25, 0.3) is 6.08 Å². The van der Waals surface area contributed by atoms with Crippen LogP contribution >= 0.6 is 0 Å². The normalized spacial score (nSPS) is 15.8. The Balaban J connectivity index is 1.81. The van der Waals surface area contributed by atoms with Crippen molar-refractivity contribution < 1.29 is 14.0 Å². The number of benzene rings is 1. The molecule has 1 aliphatic heterocycles. The molecule has 1 N–H and O–H groups in total. The van der Waals surface area contributed by atoms with Gasteiger partial charge in [0, 0.05) is 24.7 Å². The van der Waals surface area contributed by atoms with E-state index < -0.39 is 0 Å². The van der Waals surface area contributed by atoms with Gasteiger partial charge in [-0.3, -0.25) is 9.59 Å². The number of nitrogens with zero attached hydrogens (tertiary/aromatic N) is 1. The zero-order chi connectivity index (χ0) is 18.2. The highest BCUT2D eigenvalue weighted by Crippen LogP contribution is 2.15. The number of hydrogen-bond donors (Lipinski definition) is 1. The van der Waals surface area contributed by atoms with E-state index in [0.717, 1.165) is 38.8 Å². The van der Waals surface area contributed by atoms with Crippen molar-refractivity contribution in [3.05, 3.63) is 65.7 Å². The molecule has 0 unspecified atom stereocenters. The second kappa shape index (κ2) is 9.04. The first kappa shape index (κ1) is 18.0. The van der Waals surface area contributed by atoms with Crippen LogP contribution in [0.1, 0.15) is 48.2 Å². The van der Waals surface area contributed by atoms with Crippen LogP contribution < -0.4 is 5.32 Å². The molecule has 0 radical (unpaired) electrons. The van der Waals surface area contributed by atoms with Gasteiger partial charge in [0.05, 0.1) is 6.26 Å². The van der Waals surface area contributed by atoms with Gasteiger partial charge in [-0.2, -0.15) is 0 Å². The first-order valence-electron chi connectivity index (χ1n) is 9.15. The molecule has 0 atom stereocenters. The van der Waals surface area contributed by atoms with E-state index in [1.54, 1.807) is 48.7 Å². The predicted molar refractivity (Wildman–Crippen MR) is 100 cm³/mol. The van der Waals surface area contributed by atoms with Crippen LogP contribution in [0, 0.1) is 0 Å². The van der Waals surface area contributed by atoms with Gasteiger partial charge in [-0.25, -0.2) is 0 Å². The molecule has 2 amide bonds. The maximum absolute atomic E-state index is 13.1. The van der Waals surface area contributed by atoms with Gasteiger partial charge in [0.15, 0.2) is 0 Å². The maximum atomic E-state index is 13.1. The minimum absolute atomic E-state index is 0.160. The topological polar surface area (TPSA) is 62.6 Å². The van der Waals surface area contributed by atoms with E-state index in [1.165, 1.54) is 6.42 Å². The van der Waals surface area contributed by atoms with Crippen molar-refractivity contribution in [3.8, 4) is 0 Å². The Morgan fingerprint density at radius 1 is 0.923 bits per heavy atom. The molecule has 0 aliphatic carbocycles. The third-order valence-corrected chi connectivity index (χ3v) is 4.49. The number of nitrogens with one attached hydrogen (secondary N) is 1. The number of carbonyl (C=O) groups excluding carboxylic acids is 2. The van der Waals surface area contributed by atoms with Crippen molar-refractivity contribution in [1.82, 2.24) is 10.2 Å². The molecular weight excluding hydrogens is 328 g/mol. The summed E-state index contributed by atoms with van der Waals surface area (Å²) < 4.78 is 5.34. The van der Waals surface area contributed by atoms with Crippen LogP contribution in [-0.2, 0) is 4.79 Å². The fraction of sp³-hybridized carbons (Fsp3) is 0.333. The molecule has 2 heterocycles. The predicted octanol–water partition coefficient (Wildman–Crippen LogP) is 3.84. The molecule has 1 aromatic heterocycles. The van der Waals surface area contributed by atoms with Gasteiger partial charge in [-0.1, -0.05) is 37.5 Å². The Morgan fingerprint density at radius 3 is 2.27 bits per heavy atom. The number of hydrogen-bond acceptors (Lipinski definition) is 3. The standard InChI is InChI=1S/C21H24N2O3/c24-20(17-10-5-4-6-11-17)22-19(16-18-12-9-15-26-18)21(25)23-13-7-2-1-3-8-14-23/h4-6,9-12,15-16H,1-3,7-8,13-14H2,(H,22,24)/b19-16+.